The highest BCUT2D eigenvalue weighted by Gasteiger charge is 2.22. The van der Waals surface area contributed by atoms with E-state index in [9.17, 15) is 4.79 Å². The Hall–Kier alpha value is -1.55. The molecule has 68 valence electrons. The minimum Gasteiger partial charge on any atom is -0.360 e. The molecule has 1 aromatic carbocycles. The molecule has 0 aromatic heterocycles. The molecule has 0 saturated heterocycles. The predicted octanol–water partition coefficient (Wildman–Crippen LogP) is 0.596. The molecule has 1 aliphatic heterocycles. The van der Waals surface area contributed by atoms with Gasteiger partial charge in [0, 0.05) is 0 Å². The molecule has 2 rings (SSSR count). The Morgan fingerprint density at radius 2 is 2.00 bits per heavy atom. The molecule has 4 nitrogen and oxygen atoms in total. The van der Waals surface area contributed by atoms with Crippen molar-refractivity contribution in [2.24, 2.45) is 0 Å². The van der Waals surface area contributed by atoms with Gasteiger partial charge in [-0.3, -0.25) is 10.1 Å². The first-order chi connectivity index (χ1) is 6.31. The maximum atomic E-state index is 11.4. The van der Waals surface area contributed by atoms with E-state index in [1.54, 1.807) is 7.05 Å². The fourth-order valence-corrected chi connectivity index (χ4v) is 1.35. The minimum absolute atomic E-state index is 0.0544. The second-order valence-corrected chi connectivity index (χ2v) is 2.90. The number of para-hydroxylation sites is 2. The summed E-state index contributed by atoms with van der Waals surface area (Å²) in [4.78, 5) is 11.4. The third-order valence-electron chi connectivity index (χ3n) is 2.04. The molecule has 0 spiro atoms. The number of anilines is 2. The molecule has 0 bridgehead atoms. The molecule has 0 saturated carbocycles. The Labute approximate surface area is 76.3 Å². The molecular weight excluding hydrogens is 166 g/mol. The molecule has 1 aliphatic rings. The number of hydrogen-bond acceptors (Lipinski definition) is 3. The summed E-state index contributed by atoms with van der Waals surface area (Å²) in [6.07, 6.45) is -0.338. The van der Waals surface area contributed by atoms with Gasteiger partial charge in [-0.25, -0.2) is 0 Å². The van der Waals surface area contributed by atoms with Crippen molar-refractivity contribution >= 4 is 17.3 Å². The standard InChI is InChI=1S/C9H11N3O/c1-10-8-9(13)12-7-5-3-2-4-6(7)11-8/h2-5,8,10-11H,1H3,(H,12,13). The summed E-state index contributed by atoms with van der Waals surface area (Å²) in [5.41, 5.74) is 1.78. The fraction of sp³-hybridized carbons (Fsp3) is 0.222. The highest BCUT2D eigenvalue weighted by Crippen LogP contribution is 2.24. The van der Waals surface area contributed by atoms with Gasteiger partial charge >= 0.3 is 0 Å². The van der Waals surface area contributed by atoms with Gasteiger partial charge in [-0.1, -0.05) is 12.1 Å². The molecule has 0 fully saturated rings. The monoisotopic (exact) mass is 177 g/mol. The first kappa shape index (κ1) is 8.07. The van der Waals surface area contributed by atoms with Crippen LogP contribution in [0.1, 0.15) is 0 Å². The van der Waals surface area contributed by atoms with Crippen molar-refractivity contribution in [3.8, 4) is 0 Å². The smallest absolute Gasteiger partial charge is 0.261 e. The number of fused-ring (bicyclic) bond motifs is 1. The van der Waals surface area contributed by atoms with E-state index >= 15 is 0 Å². The van der Waals surface area contributed by atoms with E-state index in [0.717, 1.165) is 11.4 Å². The number of carbonyl (C=O) groups excluding carboxylic acids is 1. The molecule has 3 N–H and O–H groups in total. The Morgan fingerprint density at radius 3 is 2.69 bits per heavy atom. The lowest BCUT2D eigenvalue weighted by molar-refractivity contribution is -0.117. The molecule has 1 atom stereocenters. The Balaban J connectivity index is 2.33. The number of hydrogen-bond donors (Lipinski definition) is 3. The Morgan fingerprint density at radius 1 is 1.31 bits per heavy atom. The van der Waals surface area contributed by atoms with Crippen molar-refractivity contribution in [3.63, 3.8) is 0 Å². The van der Waals surface area contributed by atoms with Crippen LogP contribution in [-0.2, 0) is 4.79 Å². The van der Waals surface area contributed by atoms with E-state index in [0.29, 0.717) is 0 Å². The molecule has 1 amide bonds. The van der Waals surface area contributed by atoms with Gasteiger partial charge in [-0.15, -0.1) is 0 Å². The summed E-state index contributed by atoms with van der Waals surface area (Å²) in [6.45, 7) is 0. The number of nitrogens with one attached hydrogen (secondary N) is 3. The minimum atomic E-state index is -0.338. The topological polar surface area (TPSA) is 53.2 Å². The fourth-order valence-electron chi connectivity index (χ4n) is 1.35. The lowest BCUT2D eigenvalue weighted by atomic mass is 10.2. The normalized spacial score (nSPS) is 20.1. The van der Waals surface area contributed by atoms with Crippen LogP contribution in [-0.4, -0.2) is 19.1 Å². The van der Waals surface area contributed by atoms with Crippen molar-refractivity contribution in [1.29, 1.82) is 0 Å². The quantitative estimate of drug-likeness (QED) is 0.588. The summed E-state index contributed by atoms with van der Waals surface area (Å²) in [5, 5.41) is 8.74. The number of rotatable bonds is 1. The maximum absolute atomic E-state index is 11.4. The Bertz CT molecular complexity index is 337. The second-order valence-electron chi connectivity index (χ2n) is 2.90. The molecule has 4 heteroatoms. The molecule has 13 heavy (non-hydrogen) atoms. The van der Waals surface area contributed by atoms with Gasteiger partial charge in [-0.05, 0) is 19.2 Å². The van der Waals surface area contributed by atoms with E-state index in [1.807, 2.05) is 24.3 Å². The first-order valence-corrected chi connectivity index (χ1v) is 4.15. The Kier molecular flexibility index (Phi) is 1.90. The van der Waals surface area contributed by atoms with Crippen LogP contribution in [0.3, 0.4) is 0 Å². The predicted molar refractivity (Wildman–Crippen MR) is 51.5 cm³/mol. The van der Waals surface area contributed by atoms with Crippen LogP contribution < -0.4 is 16.0 Å². The van der Waals surface area contributed by atoms with Crippen molar-refractivity contribution < 1.29 is 4.79 Å². The lowest BCUT2D eigenvalue weighted by Gasteiger charge is -2.25. The van der Waals surface area contributed by atoms with Gasteiger partial charge in [0.15, 0.2) is 6.17 Å². The third-order valence-corrected chi connectivity index (χ3v) is 2.04. The van der Waals surface area contributed by atoms with Crippen molar-refractivity contribution in [2.75, 3.05) is 17.7 Å². The van der Waals surface area contributed by atoms with Crippen molar-refractivity contribution in [1.82, 2.24) is 5.32 Å². The average Bonchev–Trinajstić information content (AvgIpc) is 2.17. The van der Waals surface area contributed by atoms with Gasteiger partial charge in [0.25, 0.3) is 5.91 Å². The molecule has 0 radical (unpaired) electrons. The largest absolute Gasteiger partial charge is 0.360 e. The van der Waals surface area contributed by atoms with Crippen molar-refractivity contribution in [3.05, 3.63) is 24.3 Å². The van der Waals surface area contributed by atoms with Crippen LogP contribution >= 0.6 is 0 Å². The van der Waals surface area contributed by atoms with Crippen LogP contribution in [0.2, 0.25) is 0 Å². The zero-order chi connectivity index (χ0) is 9.26. The number of likely N-dealkylation sites (N-methyl/N-ethyl adjacent to an activating group) is 1. The lowest BCUT2D eigenvalue weighted by Crippen LogP contribution is -2.47. The van der Waals surface area contributed by atoms with Crippen LogP contribution in [0.25, 0.3) is 0 Å². The number of amides is 1. The van der Waals surface area contributed by atoms with Crippen molar-refractivity contribution in [2.45, 2.75) is 6.17 Å². The van der Waals surface area contributed by atoms with E-state index in [4.69, 9.17) is 0 Å². The van der Waals surface area contributed by atoms with Crippen LogP contribution in [0.15, 0.2) is 24.3 Å². The summed E-state index contributed by atoms with van der Waals surface area (Å²) in [7, 11) is 1.74. The summed E-state index contributed by atoms with van der Waals surface area (Å²) < 4.78 is 0. The summed E-state index contributed by atoms with van der Waals surface area (Å²) in [5.74, 6) is -0.0544. The van der Waals surface area contributed by atoms with E-state index in [-0.39, 0.29) is 12.1 Å². The van der Waals surface area contributed by atoms with E-state index in [1.165, 1.54) is 0 Å². The highest BCUT2D eigenvalue weighted by atomic mass is 16.2. The van der Waals surface area contributed by atoms with Gasteiger partial charge in [0.05, 0.1) is 11.4 Å². The second kappa shape index (κ2) is 3.06. The molecule has 1 aromatic rings. The summed E-state index contributed by atoms with van der Waals surface area (Å²) >= 11 is 0. The first-order valence-electron chi connectivity index (χ1n) is 4.15. The molecule has 1 heterocycles. The van der Waals surface area contributed by atoms with Crippen LogP contribution in [0.4, 0.5) is 11.4 Å². The summed E-state index contributed by atoms with van der Waals surface area (Å²) in [6, 6.07) is 7.61. The van der Waals surface area contributed by atoms with E-state index in [2.05, 4.69) is 16.0 Å². The van der Waals surface area contributed by atoms with Gasteiger partial charge < -0.3 is 10.6 Å². The number of benzene rings is 1. The zero-order valence-corrected chi connectivity index (χ0v) is 7.29. The zero-order valence-electron chi connectivity index (χ0n) is 7.29. The molecule has 1 unspecified atom stereocenters. The molecular formula is C9H11N3O. The number of carbonyl (C=O) groups is 1. The maximum Gasteiger partial charge on any atom is 0.261 e. The van der Waals surface area contributed by atoms with Crippen LogP contribution in [0.5, 0.6) is 0 Å². The SMILES string of the molecule is CNC1Nc2ccccc2NC1=O. The van der Waals surface area contributed by atoms with Gasteiger partial charge in [0.2, 0.25) is 0 Å². The molecule has 0 aliphatic carbocycles. The third kappa shape index (κ3) is 1.36. The van der Waals surface area contributed by atoms with Gasteiger partial charge in [0.1, 0.15) is 0 Å². The average molecular weight is 177 g/mol. The van der Waals surface area contributed by atoms with Gasteiger partial charge in [-0.2, -0.15) is 0 Å². The highest BCUT2D eigenvalue weighted by molar-refractivity contribution is 6.02. The van der Waals surface area contributed by atoms with E-state index < -0.39 is 0 Å². The van der Waals surface area contributed by atoms with Crippen LogP contribution in [0, 0.1) is 0 Å².